The number of carboxylic acid groups (broad SMARTS) is 1. The minimum absolute atomic E-state index is 0. The first-order valence-corrected chi connectivity index (χ1v) is 9.04. The maximum atomic E-state index is 11.0. The van der Waals surface area contributed by atoms with Crippen molar-refractivity contribution in [2.24, 2.45) is 0 Å². The van der Waals surface area contributed by atoms with E-state index in [1.54, 1.807) is 7.11 Å². The smallest absolute Gasteiger partial charge is 0.303 e. The van der Waals surface area contributed by atoms with Crippen LogP contribution in [0.4, 0.5) is 0 Å². The summed E-state index contributed by atoms with van der Waals surface area (Å²) in [5, 5.41) is 9.06. The minimum Gasteiger partial charge on any atom is -0.497 e. The molecule has 0 aromatic heterocycles. The summed E-state index contributed by atoms with van der Waals surface area (Å²) >= 11 is 0. The highest BCUT2D eigenvalue weighted by molar-refractivity contribution is 5.76. The Kier molecular flexibility index (Phi) is 7.00. The average molecular weight is 376 g/mol. The molecule has 0 unspecified atom stereocenters. The minimum atomic E-state index is -0.797. The van der Waals surface area contributed by atoms with Crippen molar-refractivity contribution in [2.75, 3.05) is 7.11 Å². The number of hydrogen-bond acceptors (Lipinski definition) is 2. The second-order valence-electron chi connectivity index (χ2n) is 6.82. The van der Waals surface area contributed by atoms with Crippen LogP contribution in [0.3, 0.4) is 0 Å². The van der Waals surface area contributed by atoms with Crippen molar-refractivity contribution in [3.8, 4) is 28.0 Å². The Hall–Kier alpha value is -3.07. The molecule has 0 aliphatic carbocycles. The van der Waals surface area contributed by atoms with E-state index >= 15 is 0 Å². The van der Waals surface area contributed by atoms with E-state index in [2.05, 4.69) is 56.3 Å². The lowest BCUT2D eigenvalue weighted by molar-refractivity contribution is -0.136. The molecule has 3 aromatic rings. The zero-order chi connectivity index (χ0) is 19.4. The number of rotatable bonds is 6. The van der Waals surface area contributed by atoms with Crippen LogP contribution in [-0.2, 0) is 11.2 Å². The summed E-state index contributed by atoms with van der Waals surface area (Å²) in [7, 11) is 1.62. The molecule has 146 valence electrons. The second-order valence-corrected chi connectivity index (χ2v) is 6.82. The molecule has 28 heavy (non-hydrogen) atoms. The van der Waals surface area contributed by atoms with Gasteiger partial charge in [-0.1, -0.05) is 61.5 Å². The van der Waals surface area contributed by atoms with Gasteiger partial charge in [-0.15, -0.1) is 0 Å². The third-order valence-corrected chi connectivity index (χ3v) is 4.79. The van der Waals surface area contributed by atoms with Gasteiger partial charge >= 0.3 is 5.97 Å². The largest absolute Gasteiger partial charge is 0.497 e. The first kappa shape index (κ1) is 21.2. The number of aliphatic carboxylic acids is 1. The van der Waals surface area contributed by atoms with Crippen molar-refractivity contribution in [3.05, 3.63) is 77.4 Å². The standard InChI is InChI=1S/C24H24O3.CH4/c1-16-5-4-6-18(13-16)22-10-7-19(14-17(22)2)23-11-9-21(27-3)15-20(23)8-12-24(25)26;/h4-7,9-11,13-15H,8,12H2,1-3H3,(H,25,26);1H4. The van der Waals surface area contributed by atoms with Crippen LogP contribution < -0.4 is 4.74 Å². The first-order chi connectivity index (χ1) is 13.0. The number of carbonyl (C=O) groups is 1. The summed E-state index contributed by atoms with van der Waals surface area (Å²) in [6, 6.07) is 20.8. The van der Waals surface area contributed by atoms with Gasteiger partial charge in [0.1, 0.15) is 5.75 Å². The lowest BCUT2D eigenvalue weighted by Gasteiger charge is -2.14. The molecule has 3 aromatic carbocycles. The molecular weight excluding hydrogens is 348 g/mol. The Bertz CT molecular complexity index is 973. The van der Waals surface area contributed by atoms with Gasteiger partial charge in [0, 0.05) is 6.42 Å². The number of aryl methyl sites for hydroxylation is 3. The Morgan fingerprint density at radius 3 is 2.29 bits per heavy atom. The molecule has 3 rings (SSSR count). The van der Waals surface area contributed by atoms with E-state index in [4.69, 9.17) is 9.84 Å². The summed E-state index contributed by atoms with van der Waals surface area (Å²) in [5.41, 5.74) is 7.98. The maximum Gasteiger partial charge on any atom is 0.303 e. The van der Waals surface area contributed by atoms with Crippen LogP contribution in [0.15, 0.2) is 60.7 Å². The van der Waals surface area contributed by atoms with Gasteiger partial charge in [-0.25, -0.2) is 0 Å². The molecule has 0 aliphatic rings. The molecule has 0 saturated heterocycles. The Labute approximate surface area is 167 Å². The zero-order valence-corrected chi connectivity index (χ0v) is 16.0. The van der Waals surface area contributed by atoms with Crippen molar-refractivity contribution in [1.82, 2.24) is 0 Å². The Balaban J connectivity index is 0.00000280. The highest BCUT2D eigenvalue weighted by atomic mass is 16.5. The fourth-order valence-corrected chi connectivity index (χ4v) is 3.39. The van der Waals surface area contributed by atoms with Crippen molar-refractivity contribution in [1.29, 1.82) is 0 Å². The molecule has 0 radical (unpaired) electrons. The van der Waals surface area contributed by atoms with E-state index in [1.165, 1.54) is 22.3 Å². The Morgan fingerprint density at radius 2 is 1.64 bits per heavy atom. The second kappa shape index (κ2) is 9.23. The lowest BCUT2D eigenvalue weighted by Crippen LogP contribution is -2.00. The fraction of sp³-hybridized carbons (Fsp3) is 0.240. The fourth-order valence-electron chi connectivity index (χ4n) is 3.39. The number of ether oxygens (including phenoxy) is 1. The van der Waals surface area contributed by atoms with Crippen LogP contribution in [0.1, 0.15) is 30.5 Å². The summed E-state index contributed by atoms with van der Waals surface area (Å²) in [6.07, 6.45) is 0.571. The van der Waals surface area contributed by atoms with Crippen molar-refractivity contribution >= 4 is 5.97 Å². The molecule has 0 saturated carbocycles. The summed E-state index contributed by atoms with van der Waals surface area (Å²) in [4.78, 5) is 11.0. The van der Waals surface area contributed by atoms with Crippen LogP contribution in [0.25, 0.3) is 22.3 Å². The molecule has 3 nitrogen and oxygen atoms in total. The summed E-state index contributed by atoms with van der Waals surface area (Å²) < 4.78 is 5.32. The van der Waals surface area contributed by atoms with E-state index in [0.717, 1.165) is 22.4 Å². The lowest BCUT2D eigenvalue weighted by atomic mass is 9.92. The van der Waals surface area contributed by atoms with E-state index in [-0.39, 0.29) is 13.8 Å². The molecule has 0 spiro atoms. The SMILES string of the molecule is C.COc1ccc(-c2ccc(-c3cccc(C)c3)c(C)c2)c(CCC(=O)O)c1. The molecule has 1 N–H and O–H groups in total. The van der Waals surface area contributed by atoms with Crippen LogP contribution in [0.2, 0.25) is 0 Å². The third-order valence-electron chi connectivity index (χ3n) is 4.79. The number of methoxy groups -OCH3 is 1. The van der Waals surface area contributed by atoms with Gasteiger partial charge in [0.05, 0.1) is 7.11 Å². The number of benzene rings is 3. The van der Waals surface area contributed by atoms with Gasteiger partial charge in [0.15, 0.2) is 0 Å². The maximum absolute atomic E-state index is 11.0. The molecule has 0 fully saturated rings. The van der Waals surface area contributed by atoms with E-state index < -0.39 is 5.97 Å². The van der Waals surface area contributed by atoms with Crippen molar-refractivity contribution < 1.29 is 14.6 Å². The number of carboxylic acids is 1. The van der Waals surface area contributed by atoms with Crippen LogP contribution in [0.5, 0.6) is 5.75 Å². The van der Waals surface area contributed by atoms with Gasteiger partial charge in [-0.3, -0.25) is 4.79 Å². The molecule has 0 atom stereocenters. The molecular formula is C25H28O3. The predicted molar refractivity (Wildman–Crippen MR) is 116 cm³/mol. The van der Waals surface area contributed by atoms with Crippen LogP contribution in [-0.4, -0.2) is 18.2 Å². The highest BCUT2D eigenvalue weighted by Crippen LogP contribution is 2.32. The van der Waals surface area contributed by atoms with Crippen LogP contribution >= 0.6 is 0 Å². The van der Waals surface area contributed by atoms with Gasteiger partial charge in [0.25, 0.3) is 0 Å². The van der Waals surface area contributed by atoms with E-state index in [1.807, 2.05) is 18.2 Å². The van der Waals surface area contributed by atoms with Gasteiger partial charge in [-0.2, -0.15) is 0 Å². The van der Waals surface area contributed by atoms with E-state index in [9.17, 15) is 4.79 Å². The topological polar surface area (TPSA) is 46.5 Å². The quantitative estimate of drug-likeness (QED) is 0.549. The highest BCUT2D eigenvalue weighted by Gasteiger charge is 2.11. The number of hydrogen-bond donors (Lipinski definition) is 1. The third kappa shape index (κ3) is 4.80. The monoisotopic (exact) mass is 376 g/mol. The normalized spacial score (nSPS) is 10.2. The van der Waals surface area contributed by atoms with Crippen molar-refractivity contribution in [2.45, 2.75) is 34.1 Å². The Morgan fingerprint density at radius 1 is 0.929 bits per heavy atom. The summed E-state index contributed by atoms with van der Waals surface area (Å²) in [5.74, 6) is -0.0537. The van der Waals surface area contributed by atoms with Crippen molar-refractivity contribution in [3.63, 3.8) is 0 Å². The van der Waals surface area contributed by atoms with Gasteiger partial charge < -0.3 is 9.84 Å². The average Bonchev–Trinajstić information content (AvgIpc) is 2.66. The molecule has 0 amide bonds. The van der Waals surface area contributed by atoms with Gasteiger partial charge in [-0.05, 0) is 65.8 Å². The van der Waals surface area contributed by atoms with Gasteiger partial charge in [0.2, 0.25) is 0 Å². The molecule has 3 heteroatoms. The van der Waals surface area contributed by atoms with E-state index in [0.29, 0.717) is 6.42 Å². The zero-order valence-electron chi connectivity index (χ0n) is 16.0. The molecule has 0 aliphatic heterocycles. The molecule has 0 bridgehead atoms. The first-order valence-electron chi connectivity index (χ1n) is 9.04. The predicted octanol–water partition coefficient (Wildman–Crippen LogP) is 6.30. The summed E-state index contributed by atoms with van der Waals surface area (Å²) in [6.45, 7) is 4.21. The van der Waals surface area contributed by atoms with Crippen LogP contribution in [0, 0.1) is 13.8 Å². The molecule has 0 heterocycles.